The van der Waals surface area contributed by atoms with Crippen molar-refractivity contribution in [1.29, 1.82) is 0 Å². The van der Waals surface area contributed by atoms with Crippen LogP contribution in [0.1, 0.15) is 11.1 Å². The van der Waals surface area contributed by atoms with Gasteiger partial charge in [-0.1, -0.05) is 121 Å². The molecule has 45 heavy (non-hydrogen) atoms. The Morgan fingerprint density at radius 3 is 1.18 bits per heavy atom. The Labute approximate surface area is 265 Å². The van der Waals surface area contributed by atoms with Gasteiger partial charge in [-0.15, -0.1) is 0 Å². The van der Waals surface area contributed by atoms with Gasteiger partial charge in [-0.25, -0.2) is 0 Å². The molecule has 0 bridgehead atoms. The molecule has 2 heteroatoms. The lowest BCUT2D eigenvalue weighted by molar-refractivity contribution is -0.572. The van der Waals surface area contributed by atoms with E-state index in [1.165, 1.54) is 0 Å². The van der Waals surface area contributed by atoms with E-state index in [4.69, 9.17) is 0 Å². The lowest BCUT2D eigenvalue weighted by Gasteiger charge is -2.23. The van der Waals surface area contributed by atoms with Crippen molar-refractivity contribution in [2.75, 3.05) is 0 Å². The molecule has 0 unspecified atom stereocenters. The van der Waals surface area contributed by atoms with Gasteiger partial charge in [0.2, 0.25) is 17.1 Å². The van der Waals surface area contributed by atoms with E-state index in [-0.39, 0.29) is 5.75 Å². The van der Waals surface area contributed by atoms with E-state index in [1.54, 1.807) is 0 Å². The molecule has 6 aromatic carbocycles. The maximum Gasteiger partial charge on any atom is 0.219 e. The zero-order valence-corrected chi connectivity index (χ0v) is 25.4. The van der Waals surface area contributed by atoms with Crippen molar-refractivity contribution in [3.63, 3.8) is 0 Å². The highest BCUT2D eigenvalue weighted by atomic mass is 16.3. The summed E-state index contributed by atoms with van der Waals surface area (Å²) < 4.78 is 2.32. The fourth-order valence-corrected chi connectivity index (χ4v) is 6.21. The van der Waals surface area contributed by atoms with Crippen LogP contribution < -0.4 is 9.67 Å². The lowest BCUT2D eigenvalue weighted by atomic mass is 9.91. The first-order chi connectivity index (χ1) is 22.1. The normalized spacial score (nSPS) is 11.0. The van der Waals surface area contributed by atoms with E-state index >= 15 is 0 Å². The molecule has 0 radical (unpaired) electrons. The molecule has 0 amide bonds. The van der Waals surface area contributed by atoms with Crippen LogP contribution in [0, 0.1) is 13.8 Å². The van der Waals surface area contributed by atoms with Gasteiger partial charge in [0, 0.05) is 35.4 Å². The van der Waals surface area contributed by atoms with Crippen LogP contribution in [0.5, 0.6) is 5.75 Å². The largest absolute Gasteiger partial charge is 0.872 e. The average Bonchev–Trinajstić information content (AvgIpc) is 3.10. The van der Waals surface area contributed by atoms with E-state index < -0.39 is 0 Å². The molecule has 7 rings (SSSR count). The van der Waals surface area contributed by atoms with E-state index in [0.717, 1.165) is 61.6 Å². The molecule has 1 heterocycles. The van der Waals surface area contributed by atoms with Crippen molar-refractivity contribution >= 4 is 0 Å². The minimum Gasteiger partial charge on any atom is -0.872 e. The number of nitrogens with zero attached hydrogens (tertiary/aromatic N) is 1. The minimum atomic E-state index is 0.0337. The molecule has 216 valence electrons. The van der Waals surface area contributed by atoms with Gasteiger partial charge in [-0.3, -0.25) is 0 Å². The summed E-state index contributed by atoms with van der Waals surface area (Å²) in [5, 5.41) is 14.4. The van der Waals surface area contributed by atoms with E-state index in [1.807, 2.05) is 42.5 Å². The number of rotatable bonds is 6. The molecule has 7 aromatic rings. The summed E-state index contributed by atoms with van der Waals surface area (Å²) >= 11 is 0. The van der Waals surface area contributed by atoms with Gasteiger partial charge in [0.05, 0.1) is 0 Å². The highest BCUT2D eigenvalue weighted by Crippen LogP contribution is 2.41. The zero-order valence-electron chi connectivity index (χ0n) is 25.4. The molecule has 0 atom stereocenters. The molecule has 0 aliphatic carbocycles. The SMILES string of the molecule is Cc1ccccc1-c1cc(-[n+]2c(-c3ccccc3)cc(-c3ccccc3)cc2-c2ccccc2)cc(-c2ccccc2C)c1[O-]. The number of pyridine rings is 1. The van der Waals surface area contributed by atoms with Crippen LogP contribution >= 0.6 is 0 Å². The average molecular weight is 580 g/mol. The quantitative estimate of drug-likeness (QED) is 0.180. The Kier molecular flexibility index (Phi) is 7.55. The second-order valence-electron chi connectivity index (χ2n) is 11.4. The Morgan fingerprint density at radius 2 is 0.756 bits per heavy atom. The highest BCUT2D eigenvalue weighted by molar-refractivity contribution is 5.86. The van der Waals surface area contributed by atoms with E-state index in [2.05, 4.69) is 140 Å². The van der Waals surface area contributed by atoms with Gasteiger partial charge in [-0.2, -0.15) is 4.57 Å². The number of aromatic nitrogens is 1. The number of hydrogen-bond acceptors (Lipinski definition) is 1. The van der Waals surface area contributed by atoms with Gasteiger partial charge in [-0.05, 0) is 82.6 Å². The van der Waals surface area contributed by atoms with E-state index in [0.29, 0.717) is 11.1 Å². The third kappa shape index (κ3) is 5.43. The van der Waals surface area contributed by atoms with E-state index in [9.17, 15) is 5.11 Å². The fraction of sp³-hybridized carbons (Fsp3) is 0.0465. The first-order valence-corrected chi connectivity index (χ1v) is 15.3. The summed E-state index contributed by atoms with van der Waals surface area (Å²) in [5.41, 5.74) is 12.9. The van der Waals surface area contributed by atoms with Crippen molar-refractivity contribution in [1.82, 2.24) is 0 Å². The summed E-state index contributed by atoms with van der Waals surface area (Å²) in [6.07, 6.45) is 0. The molecular weight excluding hydrogens is 546 g/mol. The second-order valence-corrected chi connectivity index (χ2v) is 11.4. The summed E-state index contributed by atoms with van der Waals surface area (Å²) in [6.45, 7) is 4.14. The number of hydrogen-bond donors (Lipinski definition) is 0. The number of benzene rings is 6. The fourth-order valence-electron chi connectivity index (χ4n) is 6.21. The van der Waals surface area contributed by atoms with Crippen LogP contribution in [0.2, 0.25) is 0 Å². The molecule has 1 aromatic heterocycles. The molecule has 2 nitrogen and oxygen atoms in total. The molecule has 0 spiro atoms. The Bertz CT molecular complexity index is 1990. The summed E-state index contributed by atoms with van der Waals surface area (Å²) in [4.78, 5) is 0. The van der Waals surface area contributed by atoms with Crippen LogP contribution in [0.25, 0.3) is 61.6 Å². The first-order valence-electron chi connectivity index (χ1n) is 15.3. The minimum absolute atomic E-state index is 0.0337. The molecule has 0 aliphatic rings. The Morgan fingerprint density at radius 1 is 0.378 bits per heavy atom. The number of aryl methyl sites for hydroxylation is 2. The third-order valence-corrected chi connectivity index (χ3v) is 8.51. The first kappa shape index (κ1) is 28.1. The van der Waals surface area contributed by atoms with Gasteiger partial charge >= 0.3 is 0 Å². The monoisotopic (exact) mass is 579 g/mol. The van der Waals surface area contributed by atoms with Gasteiger partial charge in [0.25, 0.3) is 0 Å². The van der Waals surface area contributed by atoms with Gasteiger partial charge in [0.15, 0.2) is 0 Å². The maximum atomic E-state index is 14.4. The third-order valence-electron chi connectivity index (χ3n) is 8.51. The summed E-state index contributed by atoms with van der Waals surface area (Å²) in [6, 6.07) is 56.5. The molecule has 0 saturated carbocycles. The zero-order chi connectivity index (χ0) is 30.8. The Balaban J connectivity index is 1.62. The highest BCUT2D eigenvalue weighted by Gasteiger charge is 2.27. The van der Waals surface area contributed by atoms with Crippen molar-refractivity contribution in [2.45, 2.75) is 13.8 Å². The molecule has 0 fully saturated rings. The molecular formula is C43H33NO. The van der Waals surface area contributed by atoms with Crippen molar-refractivity contribution < 1.29 is 9.67 Å². The molecule has 0 aliphatic heterocycles. The van der Waals surface area contributed by atoms with Crippen LogP contribution in [-0.2, 0) is 0 Å². The predicted octanol–water partition coefficient (Wildman–Crippen LogP) is 9.99. The van der Waals surface area contributed by atoms with Crippen LogP contribution in [0.15, 0.2) is 164 Å². The van der Waals surface area contributed by atoms with Crippen molar-refractivity contribution in [3.05, 3.63) is 175 Å². The molecule has 0 saturated heterocycles. The van der Waals surface area contributed by atoms with Crippen molar-refractivity contribution in [3.8, 4) is 67.3 Å². The van der Waals surface area contributed by atoms with Gasteiger partial charge in [0.1, 0.15) is 0 Å². The van der Waals surface area contributed by atoms with Gasteiger partial charge < -0.3 is 5.11 Å². The predicted molar refractivity (Wildman–Crippen MR) is 184 cm³/mol. The molecule has 0 N–H and O–H groups in total. The Hall–Kier alpha value is -5.73. The summed E-state index contributed by atoms with van der Waals surface area (Å²) in [7, 11) is 0. The summed E-state index contributed by atoms with van der Waals surface area (Å²) in [5.74, 6) is 0.0337. The maximum absolute atomic E-state index is 14.4. The second kappa shape index (κ2) is 12.1. The topological polar surface area (TPSA) is 26.9 Å². The standard InChI is InChI=1S/C43H33NO/c1-30-16-12-14-24-37(30)39-28-36(29-40(43(39)45)38-25-15-13-17-31(38)2)44-41(33-20-8-4-9-21-33)26-35(32-18-6-3-7-19-32)27-42(44)34-22-10-5-11-23-34/h3-29H,1-2H3. The van der Waals surface area contributed by atoms with Crippen molar-refractivity contribution in [2.24, 2.45) is 0 Å². The van der Waals surface area contributed by atoms with Crippen LogP contribution in [0.4, 0.5) is 0 Å². The van der Waals surface area contributed by atoms with Crippen LogP contribution in [-0.4, -0.2) is 0 Å². The lowest BCUT2D eigenvalue weighted by Crippen LogP contribution is -2.36. The smallest absolute Gasteiger partial charge is 0.219 e. The van der Waals surface area contributed by atoms with Crippen LogP contribution in [0.3, 0.4) is 0 Å².